The van der Waals surface area contributed by atoms with Crippen LogP contribution >= 0.6 is 0 Å². The van der Waals surface area contributed by atoms with E-state index in [4.69, 9.17) is 10.4 Å². The molecule has 0 amide bonds. The number of nitriles is 1. The number of aromatic nitrogens is 1. The fraction of sp³-hybridized carbons (Fsp3) is 0. The molecule has 0 atom stereocenters. The highest BCUT2D eigenvalue weighted by molar-refractivity contribution is 5.89. The first-order valence-electron chi connectivity index (χ1n) is 3.02. The number of carboxylic acids is 1. The first-order valence-corrected chi connectivity index (χ1v) is 3.02. The second kappa shape index (κ2) is 2.88. The summed E-state index contributed by atoms with van der Waals surface area (Å²) in [5.41, 5.74) is -0.913. The van der Waals surface area contributed by atoms with Crippen LogP contribution in [-0.4, -0.2) is 16.1 Å². The van der Waals surface area contributed by atoms with Gasteiger partial charge in [0.25, 0.3) is 0 Å². The van der Waals surface area contributed by atoms with Crippen molar-refractivity contribution in [2.75, 3.05) is 0 Å². The van der Waals surface area contributed by atoms with Crippen LogP contribution in [0.4, 0.5) is 0 Å². The number of aromatic carboxylic acids is 1. The molecule has 60 valence electrons. The Morgan fingerprint density at radius 3 is 2.75 bits per heavy atom. The van der Waals surface area contributed by atoms with Crippen LogP contribution in [0, 0.1) is 11.3 Å². The molecule has 2 N–H and O–H groups in total. The Morgan fingerprint density at radius 2 is 2.25 bits per heavy atom. The van der Waals surface area contributed by atoms with Gasteiger partial charge in [-0.2, -0.15) is 5.26 Å². The van der Waals surface area contributed by atoms with Gasteiger partial charge in [0.2, 0.25) is 5.56 Å². The highest BCUT2D eigenvalue weighted by Crippen LogP contribution is 2.00. The average molecular weight is 164 g/mol. The summed E-state index contributed by atoms with van der Waals surface area (Å²) >= 11 is 0. The van der Waals surface area contributed by atoms with Crippen molar-refractivity contribution in [2.24, 2.45) is 0 Å². The summed E-state index contributed by atoms with van der Waals surface area (Å²) in [7, 11) is 0. The first-order chi connectivity index (χ1) is 5.65. The number of pyridine rings is 1. The predicted octanol–water partition coefficient (Wildman–Crippen LogP) is -0.0552. The van der Waals surface area contributed by atoms with Gasteiger partial charge in [0, 0.05) is 6.07 Å². The summed E-state index contributed by atoms with van der Waals surface area (Å²) in [6.45, 7) is 0. The number of aromatic amines is 1. The largest absolute Gasteiger partial charge is 0.478 e. The summed E-state index contributed by atoms with van der Waals surface area (Å²) in [6, 6.07) is 3.74. The third-order valence-electron chi connectivity index (χ3n) is 1.26. The molecule has 5 heteroatoms. The number of H-pyrrole nitrogens is 1. The standard InChI is InChI=1S/C7H4N2O3/c8-3-5-4(7(11)12)1-2-6(10)9-5/h1-2H,(H,9,10)(H,11,12). The summed E-state index contributed by atoms with van der Waals surface area (Å²) < 4.78 is 0. The number of rotatable bonds is 1. The van der Waals surface area contributed by atoms with Crippen molar-refractivity contribution in [1.82, 2.24) is 4.98 Å². The van der Waals surface area contributed by atoms with Crippen LogP contribution in [0.2, 0.25) is 0 Å². The van der Waals surface area contributed by atoms with Gasteiger partial charge in [-0.05, 0) is 6.07 Å². The summed E-state index contributed by atoms with van der Waals surface area (Å²) in [4.78, 5) is 23.2. The van der Waals surface area contributed by atoms with Crippen LogP contribution < -0.4 is 5.56 Å². The molecule has 0 aromatic carbocycles. The van der Waals surface area contributed by atoms with E-state index in [0.29, 0.717) is 0 Å². The zero-order chi connectivity index (χ0) is 9.14. The quantitative estimate of drug-likeness (QED) is 0.608. The fourth-order valence-corrected chi connectivity index (χ4v) is 0.741. The van der Waals surface area contributed by atoms with E-state index in [1.165, 1.54) is 0 Å². The van der Waals surface area contributed by atoms with Gasteiger partial charge >= 0.3 is 5.97 Å². The maximum absolute atomic E-state index is 10.6. The number of nitrogens with zero attached hydrogens (tertiary/aromatic N) is 1. The molecule has 0 aliphatic rings. The van der Waals surface area contributed by atoms with Gasteiger partial charge in [0.15, 0.2) is 0 Å². The third-order valence-corrected chi connectivity index (χ3v) is 1.26. The van der Waals surface area contributed by atoms with Crippen LogP contribution in [0.1, 0.15) is 16.1 Å². The Bertz CT molecular complexity index is 413. The van der Waals surface area contributed by atoms with Crippen molar-refractivity contribution in [3.05, 3.63) is 33.7 Å². The summed E-state index contributed by atoms with van der Waals surface area (Å²) in [5.74, 6) is -1.23. The molecule has 5 nitrogen and oxygen atoms in total. The number of carbonyl (C=O) groups is 1. The smallest absolute Gasteiger partial charge is 0.338 e. The van der Waals surface area contributed by atoms with E-state index >= 15 is 0 Å². The van der Waals surface area contributed by atoms with Crippen molar-refractivity contribution in [3.63, 3.8) is 0 Å². The van der Waals surface area contributed by atoms with Gasteiger partial charge in [-0.3, -0.25) is 4.79 Å². The van der Waals surface area contributed by atoms with Crippen molar-refractivity contribution in [2.45, 2.75) is 0 Å². The van der Waals surface area contributed by atoms with Crippen molar-refractivity contribution in [3.8, 4) is 6.07 Å². The van der Waals surface area contributed by atoms with Gasteiger partial charge in [0.05, 0.1) is 5.56 Å². The van der Waals surface area contributed by atoms with E-state index in [1.54, 1.807) is 6.07 Å². The zero-order valence-corrected chi connectivity index (χ0v) is 5.87. The van der Waals surface area contributed by atoms with Crippen molar-refractivity contribution >= 4 is 5.97 Å². The first kappa shape index (κ1) is 8.01. The normalized spacial score (nSPS) is 8.92. The van der Waals surface area contributed by atoms with Crippen LogP contribution in [0.15, 0.2) is 16.9 Å². The Hall–Kier alpha value is -2.09. The average Bonchev–Trinajstić information content (AvgIpc) is 2.03. The van der Waals surface area contributed by atoms with E-state index < -0.39 is 11.5 Å². The molecule has 0 bridgehead atoms. The monoisotopic (exact) mass is 164 g/mol. The highest BCUT2D eigenvalue weighted by atomic mass is 16.4. The minimum atomic E-state index is -1.23. The number of hydrogen-bond donors (Lipinski definition) is 2. The lowest BCUT2D eigenvalue weighted by Crippen LogP contribution is -2.11. The Labute approximate surface area is 66.9 Å². The maximum atomic E-state index is 10.6. The lowest BCUT2D eigenvalue weighted by atomic mass is 10.2. The Morgan fingerprint density at radius 1 is 1.58 bits per heavy atom. The second-order valence-corrected chi connectivity index (χ2v) is 2.03. The SMILES string of the molecule is N#Cc1[nH]c(=O)ccc1C(=O)O. The highest BCUT2D eigenvalue weighted by Gasteiger charge is 2.09. The van der Waals surface area contributed by atoms with Crippen molar-refractivity contribution in [1.29, 1.82) is 5.26 Å². The van der Waals surface area contributed by atoms with Gasteiger partial charge in [0.1, 0.15) is 11.8 Å². The number of carboxylic acid groups (broad SMARTS) is 1. The molecule has 0 saturated heterocycles. The van der Waals surface area contributed by atoms with Crippen molar-refractivity contribution < 1.29 is 9.90 Å². The van der Waals surface area contributed by atoms with Crippen LogP contribution in [0.5, 0.6) is 0 Å². The van der Waals surface area contributed by atoms with Gasteiger partial charge in [-0.25, -0.2) is 4.79 Å². The third kappa shape index (κ3) is 1.32. The Balaban J connectivity index is 3.42. The van der Waals surface area contributed by atoms with Crippen LogP contribution in [0.25, 0.3) is 0 Å². The summed E-state index contributed by atoms with van der Waals surface area (Å²) in [5, 5.41) is 16.9. The minimum Gasteiger partial charge on any atom is -0.478 e. The minimum absolute atomic E-state index is 0.197. The Kier molecular flexibility index (Phi) is 1.92. The maximum Gasteiger partial charge on any atom is 0.338 e. The van der Waals surface area contributed by atoms with Gasteiger partial charge < -0.3 is 10.1 Å². The second-order valence-electron chi connectivity index (χ2n) is 2.03. The topological polar surface area (TPSA) is 94.0 Å². The van der Waals surface area contributed by atoms with Gasteiger partial charge in [-0.1, -0.05) is 0 Å². The van der Waals surface area contributed by atoms with Crippen LogP contribution in [-0.2, 0) is 0 Å². The molecule has 1 aromatic rings. The molecule has 0 radical (unpaired) electrons. The van der Waals surface area contributed by atoms with E-state index in [-0.39, 0.29) is 11.3 Å². The predicted molar refractivity (Wildman–Crippen MR) is 38.7 cm³/mol. The molecule has 0 unspecified atom stereocenters. The molecule has 1 rings (SSSR count). The zero-order valence-electron chi connectivity index (χ0n) is 5.87. The lowest BCUT2D eigenvalue weighted by Gasteiger charge is -1.94. The molecule has 0 aliphatic heterocycles. The number of nitrogens with one attached hydrogen (secondary N) is 1. The van der Waals surface area contributed by atoms with E-state index in [9.17, 15) is 9.59 Å². The number of hydrogen-bond acceptors (Lipinski definition) is 3. The molecular weight excluding hydrogens is 160 g/mol. The fourth-order valence-electron chi connectivity index (χ4n) is 0.741. The van der Waals surface area contributed by atoms with Gasteiger partial charge in [-0.15, -0.1) is 0 Å². The lowest BCUT2D eigenvalue weighted by molar-refractivity contribution is 0.0696. The molecule has 0 saturated carbocycles. The molecular formula is C7H4N2O3. The molecule has 0 fully saturated rings. The van der Waals surface area contributed by atoms with E-state index in [0.717, 1.165) is 12.1 Å². The van der Waals surface area contributed by atoms with E-state index in [2.05, 4.69) is 4.98 Å². The van der Waals surface area contributed by atoms with E-state index in [1.807, 2.05) is 0 Å². The van der Waals surface area contributed by atoms with Crippen LogP contribution in [0.3, 0.4) is 0 Å². The molecule has 0 spiro atoms. The molecule has 0 aliphatic carbocycles. The molecule has 1 aromatic heterocycles. The summed E-state index contributed by atoms with van der Waals surface area (Å²) in [6.07, 6.45) is 0. The molecule has 12 heavy (non-hydrogen) atoms. The molecule has 1 heterocycles.